The highest BCUT2D eigenvalue weighted by Crippen LogP contribution is 2.29. The second kappa shape index (κ2) is 7.58. The molecule has 0 radical (unpaired) electrons. The van der Waals surface area contributed by atoms with Crippen LogP contribution in [0.3, 0.4) is 0 Å². The van der Waals surface area contributed by atoms with Crippen LogP contribution in [0.5, 0.6) is 0 Å². The molecule has 132 valence electrons. The SMILES string of the molecule is NC(=O)c1cc([N+](=O)[O-])cnc1NCC(c1cccs1)N1CCCC1. The number of anilines is 1. The summed E-state index contributed by atoms with van der Waals surface area (Å²) in [6.07, 6.45) is 3.47. The van der Waals surface area contributed by atoms with Gasteiger partial charge in [0, 0.05) is 17.5 Å². The van der Waals surface area contributed by atoms with E-state index in [2.05, 4.69) is 21.3 Å². The molecule has 1 fully saturated rings. The number of carbonyl (C=O) groups is 1. The lowest BCUT2D eigenvalue weighted by atomic mass is 10.2. The van der Waals surface area contributed by atoms with Crippen molar-refractivity contribution < 1.29 is 9.72 Å². The van der Waals surface area contributed by atoms with Crippen LogP contribution in [0.2, 0.25) is 0 Å². The molecular weight excluding hydrogens is 342 g/mol. The largest absolute Gasteiger partial charge is 0.367 e. The third-order valence-electron chi connectivity index (χ3n) is 4.27. The highest BCUT2D eigenvalue weighted by Gasteiger charge is 2.25. The molecule has 0 aliphatic carbocycles. The molecule has 3 N–H and O–H groups in total. The number of hydrogen-bond acceptors (Lipinski definition) is 7. The molecule has 3 heterocycles. The summed E-state index contributed by atoms with van der Waals surface area (Å²) in [4.78, 5) is 29.6. The molecule has 1 amide bonds. The first kappa shape index (κ1) is 17.3. The Bertz CT molecular complexity index is 759. The lowest BCUT2D eigenvalue weighted by Crippen LogP contribution is -2.31. The smallest absolute Gasteiger partial charge is 0.288 e. The van der Waals surface area contributed by atoms with E-state index in [1.165, 1.54) is 17.7 Å². The van der Waals surface area contributed by atoms with E-state index in [-0.39, 0.29) is 23.1 Å². The van der Waals surface area contributed by atoms with Gasteiger partial charge in [0.05, 0.1) is 16.5 Å². The zero-order valence-corrected chi connectivity index (χ0v) is 14.4. The van der Waals surface area contributed by atoms with Crippen LogP contribution in [-0.4, -0.2) is 40.3 Å². The van der Waals surface area contributed by atoms with Crippen molar-refractivity contribution in [3.8, 4) is 0 Å². The minimum Gasteiger partial charge on any atom is -0.367 e. The summed E-state index contributed by atoms with van der Waals surface area (Å²) < 4.78 is 0. The fourth-order valence-electron chi connectivity index (χ4n) is 3.02. The number of amides is 1. The molecule has 9 heteroatoms. The molecular formula is C16H19N5O3S. The molecule has 1 saturated heterocycles. The van der Waals surface area contributed by atoms with E-state index in [1.807, 2.05) is 11.4 Å². The lowest BCUT2D eigenvalue weighted by molar-refractivity contribution is -0.385. The zero-order chi connectivity index (χ0) is 17.8. The van der Waals surface area contributed by atoms with Crippen molar-refractivity contribution in [2.45, 2.75) is 18.9 Å². The first-order valence-corrected chi connectivity index (χ1v) is 8.90. The van der Waals surface area contributed by atoms with Gasteiger partial charge in [0.25, 0.3) is 11.6 Å². The summed E-state index contributed by atoms with van der Waals surface area (Å²) in [6.45, 7) is 2.60. The van der Waals surface area contributed by atoms with Crippen LogP contribution in [0.4, 0.5) is 11.5 Å². The van der Waals surface area contributed by atoms with Crippen molar-refractivity contribution in [2.24, 2.45) is 5.73 Å². The molecule has 1 atom stereocenters. The molecule has 3 rings (SSSR count). The number of hydrogen-bond donors (Lipinski definition) is 2. The maximum atomic E-state index is 11.6. The molecule has 1 aliphatic rings. The summed E-state index contributed by atoms with van der Waals surface area (Å²) >= 11 is 1.69. The summed E-state index contributed by atoms with van der Waals surface area (Å²) in [5, 5.41) is 16.1. The molecule has 8 nitrogen and oxygen atoms in total. The fraction of sp³-hybridized carbons (Fsp3) is 0.375. The van der Waals surface area contributed by atoms with Crippen molar-refractivity contribution in [1.82, 2.24) is 9.88 Å². The van der Waals surface area contributed by atoms with Crippen molar-refractivity contribution in [2.75, 3.05) is 25.0 Å². The van der Waals surface area contributed by atoms with Crippen molar-refractivity contribution in [3.63, 3.8) is 0 Å². The van der Waals surface area contributed by atoms with E-state index in [4.69, 9.17) is 5.73 Å². The van der Waals surface area contributed by atoms with Gasteiger partial charge in [0.15, 0.2) is 0 Å². The predicted molar refractivity (Wildman–Crippen MR) is 95.8 cm³/mol. The Morgan fingerprint density at radius 3 is 2.84 bits per heavy atom. The van der Waals surface area contributed by atoms with Gasteiger partial charge >= 0.3 is 0 Å². The maximum absolute atomic E-state index is 11.6. The van der Waals surface area contributed by atoms with Crippen molar-refractivity contribution >= 4 is 28.7 Å². The Hall–Kier alpha value is -2.52. The maximum Gasteiger partial charge on any atom is 0.288 e. The second-order valence-electron chi connectivity index (χ2n) is 5.87. The summed E-state index contributed by atoms with van der Waals surface area (Å²) in [7, 11) is 0. The van der Waals surface area contributed by atoms with Gasteiger partial charge in [0.2, 0.25) is 0 Å². The van der Waals surface area contributed by atoms with Crippen LogP contribution in [-0.2, 0) is 0 Å². The number of nitrogens with one attached hydrogen (secondary N) is 1. The number of carbonyl (C=O) groups excluding carboxylic acids is 1. The summed E-state index contributed by atoms with van der Waals surface area (Å²) in [5.74, 6) is -0.466. The van der Waals surface area contributed by atoms with E-state index in [0.717, 1.165) is 25.4 Å². The molecule has 0 spiro atoms. The van der Waals surface area contributed by atoms with Gasteiger partial charge in [-0.25, -0.2) is 4.98 Å². The molecule has 0 saturated carbocycles. The molecule has 0 bridgehead atoms. The van der Waals surface area contributed by atoms with Crippen molar-refractivity contribution in [1.29, 1.82) is 0 Å². The predicted octanol–water partition coefficient (Wildman–Crippen LogP) is 2.40. The molecule has 1 aliphatic heterocycles. The Morgan fingerprint density at radius 2 is 2.24 bits per heavy atom. The van der Waals surface area contributed by atoms with Gasteiger partial charge in [-0.05, 0) is 37.4 Å². The number of pyridine rings is 1. The Balaban J connectivity index is 1.80. The summed E-state index contributed by atoms with van der Waals surface area (Å²) in [6, 6.07) is 5.43. The van der Waals surface area contributed by atoms with Crippen LogP contribution in [0.15, 0.2) is 29.8 Å². The first-order valence-electron chi connectivity index (χ1n) is 8.02. The number of thiophene rings is 1. The second-order valence-corrected chi connectivity index (χ2v) is 6.85. The Morgan fingerprint density at radius 1 is 1.48 bits per heavy atom. The highest BCUT2D eigenvalue weighted by atomic mass is 32.1. The normalized spacial score (nSPS) is 15.8. The van der Waals surface area contributed by atoms with E-state index >= 15 is 0 Å². The standard InChI is InChI=1S/C16H19N5O3S/c17-15(22)12-8-11(21(23)24)9-18-16(12)19-10-13(14-4-3-7-25-14)20-5-1-2-6-20/h3-4,7-9,13H,1-2,5-6,10H2,(H2,17,22)(H,18,19). The molecule has 25 heavy (non-hydrogen) atoms. The average Bonchev–Trinajstić information content (AvgIpc) is 3.29. The molecule has 0 aromatic carbocycles. The van der Waals surface area contributed by atoms with Gasteiger partial charge in [-0.1, -0.05) is 6.07 Å². The monoisotopic (exact) mass is 361 g/mol. The van der Waals surface area contributed by atoms with Gasteiger partial charge in [-0.3, -0.25) is 19.8 Å². The Kier molecular flexibility index (Phi) is 5.25. The average molecular weight is 361 g/mol. The van der Waals surface area contributed by atoms with Gasteiger partial charge in [0.1, 0.15) is 12.0 Å². The number of likely N-dealkylation sites (tertiary alicyclic amines) is 1. The molecule has 2 aromatic rings. The van der Waals surface area contributed by atoms with Gasteiger partial charge in [-0.2, -0.15) is 0 Å². The number of nitrogens with zero attached hydrogens (tertiary/aromatic N) is 3. The number of rotatable bonds is 7. The first-order chi connectivity index (χ1) is 12.1. The topological polar surface area (TPSA) is 114 Å². The fourth-order valence-corrected chi connectivity index (χ4v) is 3.88. The van der Waals surface area contributed by atoms with E-state index in [9.17, 15) is 14.9 Å². The van der Waals surface area contributed by atoms with Crippen LogP contribution < -0.4 is 11.1 Å². The molecule has 2 aromatic heterocycles. The summed E-state index contributed by atoms with van der Waals surface area (Å²) in [5.41, 5.74) is 5.13. The van der Waals surface area contributed by atoms with Gasteiger partial charge < -0.3 is 11.1 Å². The quantitative estimate of drug-likeness (QED) is 0.578. The number of nitrogens with two attached hydrogens (primary N) is 1. The van der Waals surface area contributed by atoms with Crippen LogP contribution in [0, 0.1) is 10.1 Å². The van der Waals surface area contributed by atoms with Crippen molar-refractivity contribution in [3.05, 3.63) is 50.3 Å². The van der Waals surface area contributed by atoms with Crippen LogP contribution >= 0.6 is 11.3 Å². The minimum absolute atomic E-state index is 0.0283. The van der Waals surface area contributed by atoms with E-state index < -0.39 is 10.8 Å². The van der Waals surface area contributed by atoms with E-state index in [1.54, 1.807) is 11.3 Å². The number of nitro groups is 1. The number of aromatic nitrogens is 1. The van der Waals surface area contributed by atoms with E-state index in [0.29, 0.717) is 6.54 Å². The zero-order valence-electron chi connectivity index (χ0n) is 13.6. The Labute approximate surface area is 148 Å². The van der Waals surface area contributed by atoms with Crippen LogP contribution in [0.1, 0.15) is 34.1 Å². The number of primary amides is 1. The van der Waals surface area contributed by atoms with Gasteiger partial charge in [-0.15, -0.1) is 11.3 Å². The van der Waals surface area contributed by atoms with Crippen LogP contribution in [0.25, 0.3) is 0 Å². The molecule has 1 unspecified atom stereocenters. The highest BCUT2D eigenvalue weighted by molar-refractivity contribution is 7.10. The lowest BCUT2D eigenvalue weighted by Gasteiger charge is -2.27. The third-order valence-corrected chi connectivity index (χ3v) is 5.24. The third kappa shape index (κ3) is 3.94. The minimum atomic E-state index is -0.743.